The molecule has 5 nitrogen and oxygen atoms in total. The van der Waals surface area contributed by atoms with Crippen molar-refractivity contribution in [3.05, 3.63) is 18.1 Å². The number of nitrogens with zero attached hydrogens (tertiary/aromatic N) is 3. The molecule has 0 unspecified atom stereocenters. The Kier molecular flexibility index (Phi) is 1.58. The molecular formula is C8H11N5. The van der Waals surface area contributed by atoms with E-state index in [4.69, 9.17) is 5.73 Å². The highest BCUT2D eigenvalue weighted by atomic mass is 15.3. The third-order valence-corrected chi connectivity index (χ3v) is 1.90. The number of nitrogen functional groups attached to an aromatic ring is 1. The lowest BCUT2D eigenvalue weighted by atomic mass is 10.2. The van der Waals surface area contributed by atoms with Gasteiger partial charge in [-0.05, 0) is 6.92 Å². The maximum Gasteiger partial charge on any atom is 0.197 e. The number of anilines is 1. The monoisotopic (exact) mass is 177 g/mol. The first-order valence-corrected chi connectivity index (χ1v) is 3.98. The van der Waals surface area contributed by atoms with Crippen molar-refractivity contribution in [1.82, 2.24) is 19.7 Å². The summed E-state index contributed by atoms with van der Waals surface area (Å²) < 4.78 is 1.77. The first-order chi connectivity index (χ1) is 6.16. The number of hydrogen-bond acceptors (Lipinski definition) is 3. The predicted octanol–water partition coefficient (Wildman–Crippen LogP) is 0.701. The molecule has 0 saturated heterocycles. The van der Waals surface area contributed by atoms with Crippen molar-refractivity contribution < 1.29 is 0 Å². The summed E-state index contributed by atoms with van der Waals surface area (Å²) in [5.41, 5.74) is 8.38. The molecule has 0 bridgehead atoms. The maximum atomic E-state index is 5.48. The zero-order chi connectivity index (χ0) is 9.42. The Morgan fingerprint density at radius 1 is 1.54 bits per heavy atom. The third kappa shape index (κ3) is 1.28. The molecule has 0 aromatic carbocycles. The molecule has 0 aliphatic heterocycles. The topological polar surface area (TPSA) is 72.5 Å². The van der Waals surface area contributed by atoms with Gasteiger partial charge in [0, 0.05) is 18.8 Å². The van der Waals surface area contributed by atoms with E-state index in [-0.39, 0.29) is 0 Å². The number of nitrogens with two attached hydrogens (primary N) is 1. The minimum Gasteiger partial charge on any atom is -0.369 e. The van der Waals surface area contributed by atoms with E-state index in [2.05, 4.69) is 15.1 Å². The van der Waals surface area contributed by atoms with E-state index in [1.54, 1.807) is 10.9 Å². The lowest BCUT2D eigenvalue weighted by Gasteiger charge is -1.90. The van der Waals surface area contributed by atoms with Crippen molar-refractivity contribution in [2.75, 3.05) is 5.73 Å². The summed E-state index contributed by atoms with van der Waals surface area (Å²) in [4.78, 5) is 6.89. The molecule has 0 fully saturated rings. The Balaban J connectivity index is 2.51. The number of aromatic nitrogens is 4. The Morgan fingerprint density at radius 2 is 2.31 bits per heavy atom. The maximum absolute atomic E-state index is 5.48. The van der Waals surface area contributed by atoms with Crippen molar-refractivity contribution in [2.45, 2.75) is 6.92 Å². The van der Waals surface area contributed by atoms with E-state index in [0.29, 0.717) is 5.95 Å². The first-order valence-electron chi connectivity index (χ1n) is 3.98. The first kappa shape index (κ1) is 7.85. The van der Waals surface area contributed by atoms with Gasteiger partial charge in [-0.15, -0.1) is 0 Å². The number of aryl methyl sites for hydroxylation is 2. The molecule has 68 valence electrons. The third-order valence-electron chi connectivity index (χ3n) is 1.90. The van der Waals surface area contributed by atoms with E-state index in [1.807, 2.05) is 20.2 Å². The Bertz CT molecular complexity index is 425. The number of aromatic amines is 1. The van der Waals surface area contributed by atoms with Crippen molar-refractivity contribution in [3.63, 3.8) is 0 Å². The van der Waals surface area contributed by atoms with Gasteiger partial charge >= 0.3 is 0 Å². The molecule has 2 aromatic heterocycles. The van der Waals surface area contributed by atoms with E-state index in [1.165, 1.54) is 0 Å². The van der Waals surface area contributed by atoms with Crippen LogP contribution in [-0.4, -0.2) is 19.7 Å². The molecular weight excluding hydrogens is 166 g/mol. The van der Waals surface area contributed by atoms with E-state index < -0.39 is 0 Å². The van der Waals surface area contributed by atoms with Crippen LogP contribution in [0.2, 0.25) is 0 Å². The standard InChI is InChI=1S/C8H11N5/c1-5-6(4-13(2)12-5)7-3-10-8(9)11-7/h3-4H,1-2H3,(H3,9,10,11). The highest BCUT2D eigenvalue weighted by Gasteiger charge is 2.07. The second-order valence-electron chi connectivity index (χ2n) is 2.98. The van der Waals surface area contributed by atoms with Gasteiger partial charge in [0.25, 0.3) is 0 Å². The fourth-order valence-electron chi connectivity index (χ4n) is 1.34. The van der Waals surface area contributed by atoms with Gasteiger partial charge in [0.15, 0.2) is 5.95 Å². The Morgan fingerprint density at radius 3 is 2.77 bits per heavy atom. The minimum atomic E-state index is 0.429. The second-order valence-corrected chi connectivity index (χ2v) is 2.98. The lowest BCUT2D eigenvalue weighted by Crippen LogP contribution is -1.86. The van der Waals surface area contributed by atoms with Crippen LogP contribution in [0.4, 0.5) is 5.95 Å². The van der Waals surface area contributed by atoms with Gasteiger partial charge in [-0.1, -0.05) is 0 Å². The summed E-state index contributed by atoms with van der Waals surface area (Å²) in [6.07, 6.45) is 3.64. The minimum absolute atomic E-state index is 0.429. The average molecular weight is 177 g/mol. The molecule has 2 aromatic rings. The molecule has 13 heavy (non-hydrogen) atoms. The molecule has 2 rings (SSSR count). The zero-order valence-electron chi connectivity index (χ0n) is 7.57. The summed E-state index contributed by atoms with van der Waals surface area (Å²) in [5, 5.41) is 4.22. The van der Waals surface area contributed by atoms with Crippen LogP contribution in [-0.2, 0) is 7.05 Å². The molecule has 0 spiro atoms. The van der Waals surface area contributed by atoms with Crippen LogP contribution in [0.3, 0.4) is 0 Å². The SMILES string of the molecule is Cc1nn(C)cc1-c1cnc(N)[nH]1. The number of nitrogens with one attached hydrogen (secondary N) is 1. The number of H-pyrrole nitrogens is 1. The van der Waals surface area contributed by atoms with Crippen molar-refractivity contribution in [2.24, 2.45) is 7.05 Å². The molecule has 5 heteroatoms. The van der Waals surface area contributed by atoms with Gasteiger partial charge in [-0.25, -0.2) is 4.98 Å². The molecule has 0 aliphatic carbocycles. The van der Waals surface area contributed by atoms with Gasteiger partial charge in [-0.2, -0.15) is 5.10 Å². The number of imidazole rings is 1. The predicted molar refractivity (Wildman–Crippen MR) is 49.9 cm³/mol. The van der Waals surface area contributed by atoms with Crippen LogP contribution >= 0.6 is 0 Å². The molecule has 0 radical (unpaired) electrons. The summed E-state index contributed by atoms with van der Waals surface area (Å²) in [7, 11) is 1.89. The quantitative estimate of drug-likeness (QED) is 0.673. The van der Waals surface area contributed by atoms with Gasteiger partial charge in [0.05, 0.1) is 17.6 Å². The molecule has 0 saturated carbocycles. The highest BCUT2D eigenvalue weighted by molar-refractivity contribution is 5.61. The number of rotatable bonds is 1. The molecule has 2 heterocycles. The van der Waals surface area contributed by atoms with Crippen molar-refractivity contribution in [3.8, 4) is 11.3 Å². The van der Waals surface area contributed by atoms with E-state index >= 15 is 0 Å². The average Bonchev–Trinajstić information content (AvgIpc) is 2.58. The zero-order valence-corrected chi connectivity index (χ0v) is 7.57. The van der Waals surface area contributed by atoms with Crippen LogP contribution in [0.5, 0.6) is 0 Å². The molecule has 0 amide bonds. The second kappa shape index (κ2) is 2.62. The van der Waals surface area contributed by atoms with Crippen molar-refractivity contribution >= 4 is 5.95 Å². The summed E-state index contributed by atoms with van der Waals surface area (Å²) in [6.45, 7) is 1.95. The van der Waals surface area contributed by atoms with Crippen LogP contribution in [0.15, 0.2) is 12.4 Å². The Hall–Kier alpha value is -1.78. The molecule has 0 atom stereocenters. The fourth-order valence-corrected chi connectivity index (χ4v) is 1.34. The van der Waals surface area contributed by atoms with Crippen LogP contribution in [0.1, 0.15) is 5.69 Å². The fraction of sp³-hybridized carbons (Fsp3) is 0.250. The normalized spacial score (nSPS) is 10.6. The van der Waals surface area contributed by atoms with Crippen LogP contribution in [0.25, 0.3) is 11.3 Å². The summed E-state index contributed by atoms with van der Waals surface area (Å²) >= 11 is 0. The molecule has 3 N–H and O–H groups in total. The lowest BCUT2D eigenvalue weighted by molar-refractivity contribution is 0.756. The smallest absolute Gasteiger partial charge is 0.197 e. The largest absolute Gasteiger partial charge is 0.369 e. The van der Waals surface area contributed by atoms with Gasteiger partial charge in [0.1, 0.15) is 0 Å². The number of hydrogen-bond donors (Lipinski definition) is 2. The Labute approximate surface area is 75.6 Å². The summed E-state index contributed by atoms with van der Waals surface area (Å²) in [6, 6.07) is 0. The summed E-state index contributed by atoms with van der Waals surface area (Å²) in [5.74, 6) is 0.429. The van der Waals surface area contributed by atoms with Crippen molar-refractivity contribution in [1.29, 1.82) is 0 Å². The molecule has 0 aliphatic rings. The van der Waals surface area contributed by atoms with Gasteiger partial charge < -0.3 is 10.7 Å². The van der Waals surface area contributed by atoms with Crippen LogP contribution in [0, 0.1) is 6.92 Å². The van der Waals surface area contributed by atoms with Gasteiger partial charge in [-0.3, -0.25) is 4.68 Å². The highest BCUT2D eigenvalue weighted by Crippen LogP contribution is 2.20. The van der Waals surface area contributed by atoms with E-state index in [9.17, 15) is 0 Å². The van der Waals surface area contributed by atoms with Gasteiger partial charge in [0.2, 0.25) is 0 Å². The van der Waals surface area contributed by atoms with Crippen LogP contribution < -0.4 is 5.73 Å². The van der Waals surface area contributed by atoms with E-state index in [0.717, 1.165) is 17.0 Å².